The van der Waals surface area contributed by atoms with E-state index in [0.29, 0.717) is 48.0 Å². The van der Waals surface area contributed by atoms with E-state index in [1.165, 1.54) is 0 Å². The molecule has 40 heavy (non-hydrogen) atoms. The van der Waals surface area contributed by atoms with E-state index in [1.807, 2.05) is 24.3 Å². The predicted octanol–water partition coefficient (Wildman–Crippen LogP) is 6.05. The van der Waals surface area contributed by atoms with Gasteiger partial charge in [-0.25, -0.2) is 4.79 Å². The molecule has 0 amide bonds. The number of ether oxygens (including phenoxy) is 5. The summed E-state index contributed by atoms with van der Waals surface area (Å²) < 4.78 is 27.3. The number of nitriles is 1. The van der Waals surface area contributed by atoms with Crippen LogP contribution in [0.15, 0.2) is 30.3 Å². The molecule has 8 heteroatoms. The van der Waals surface area contributed by atoms with Gasteiger partial charge in [-0.2, -0.15) is 5.26 Å². The lowest BCUT2D eigenvalue weighted by atomic mass is 9.69. The maximum atomic E-state index is 12.9. The van der Waals surface area contributed by atoms with Gasteiger partial charge in [-0.05, 0) is 80.6 Å². The molecule has 0 radical (unpaired) electrons. The van der Waals surface area contributed by atoms with Crippen molar-refractivity contribution in [2.45, 2.75) is 58.3 Å². The van der Waals surface area contributed by atoms with Crippen molar-refractivity contribution >= 4 is 5.97 Å². The Labute approximate surface area is 240 Å². The molecular formula is C32H46N2O6. The van der Waals surface area contributed by atoms with Gasteiger partial charge in [0.2, 0.25) is 0 Å². The maximum absolute atomic E-state index is 12.9. The van der Waals surface area contributed by atoms with Crippen molar-refractivity contribution in [2.24, 2.45) is 5.92 Å². The van der Waals surface area contributed by atoms with Crippen LogP contribution < -0.4 is 18.9 Å². The molecule has 0 aliphatic rings. The minimum absolute atomic E-state index is 0.106. The van der Waals surface area contributed by atoms with E-state index in [4.69, 9.17) is 23.7 Å². The van der Waals surface area contributed by atoms with Gasteiger partial charge in [-0.3, -0.25) is 0 Å². The van der Waals surface area contributed by atoms with Gasteiger partial charge in [0.25, 0.3) is 0 Å². The summed E-state index contributed by atoms with van der Waals surface area (Å²) in [6, 6.07) is 11.9. The van der Waals surface area contributed by atoms with Crippen molar-refractivity contribution in [3.63, 3.8) is 0 Å². The van der Waals surface area contributed by atoms with Crippen LogP contribution in [0.3, 0.4) is 0 Å². The quantitative estimate of drug-likeness (QED) is 0.172. The zero-order chi connectivity index (χ0) is 29.7. The minimum atomic E-state index is -0.654. The van der Waals surface area contributed by atoms with E-state index in [1.54, 1.807) is 34.5 Å². The van der Waals surface area contributed by atoms with Gasteiger partial charge in [-0.1, -0.05) is 33.3 Å². The van der Waals surface area contributed by atoms with Gasteiger partial charge < -0.3 is 28.6 Å². The Morgan fingerprint density at radius 2 is 1.55 bits per heavy atom. The summed E-state index contributed by atoms with van der Waals surface area (Å²) in [5.41, 5.74) is 1.63. The first-order chi connectivity index (χ1) is 19.2. The van der Waals surface area contributed by atoms with Crippen molar-refractivity contribution in [3.05, 3.63) is 47.0 Å². The van der Waals surface area contributed by atoms with Crippen molar-refractivity contribution in [1.82, 2.24) is 4.90 Å². The molecule has 8 nitrogen and oxygen atoms in total. The van der Waals surface area contributed by atoms with Gasteiger partial charge in [0.15, 0.2) is 23.0 Å². The SMILES string of the molecule is CCCCOC(=O)c1cc(OC)c(OC)cc1CCN(C)CCCC(C#N)(c1ccc(OC)c(OC)c1)C(C)C. The van der Waals surface area contributed by atoms with Crippen LogP contribution in [-0.2, 0) is 16.6 Å². The van der Waals surface area contributed by atoms with E-state index < -0.39 is 5.41 Å². The molecule has 2 rings (SSSR count). The minimum Gasteiger partial charge on any atom is -0.493 e. The van der Waals surface area contributed by atoms with Crippen LogP contribution in [0.1, 0.15) is 67.9 Å². The third kappa shape index (κ3) is 8.04. The highest BCUT2D eigenvalue weighted by Gasteiger charge is 2.36. The number of nitrogens with zero attached hydrogens (tertiary/aromatic N) is 2. The van der Waals surface area contributed by atoms with Crippen molar-refractivity contribution in [3.8, 4) is 29.1 Å². The zero-order valence-corrected chi connectivity index (χ0v) is 25.5. The molecule has 2 aromatic rings. The molecule has 0 fully saturated rings. The number of carbonyl (C=O) groups excluding carboxylic acids is 1. The highest BCUT2D eigenvalue weighted by molar-refractivity contribution is 5.92. The molecule has 0 aromatic heterocycles. The molecule has 1 atom stereocenters. The van der Waals surface area contributed by atoms with Crippen molar-refractivity contribution in [1.29, 1.82) is 5.26 Å². The summed E-state index contributed by atoms with van der Waals surface area (Å²) in [5.74, 6) is 2.10. The highest BCUT2D eigenvalue weighted by Crippen LogP contribution is 2.40. The lowest BCUT2D eigenvalue weighted by Gasteiger charge is -2.32. The number of hydrogen-bond acceptors (Lipinski definition) is 8. The lowest BCUT2D eigenvalue weighted by Crippen LogP contribution is -2.32. The van der Waals surface area contributed by atoms with Gasteiger partial charge in [0, 0.05) is 6.54 Å². The molecule has 0 saturated carbocycles. The molecule has 0 bridgehead atoms. The van der Waals surface area contributed by atoms with E-state index in [-0.39, 0.29) is 11.9 Å². The molecule has 0 spiro atoms. The second-order valence-corrected chi connectivity index (χ2v) is 10.3. The van der Waals surface area contributed by atoms with Gasteiger partial charge in [0.05, 0.1) is 52.1 Å². The van der Waals surface area contributed by atoms with Crippen LogP contribution in [0.2, 0.25) is 0 Å². The number of carbonyl (C=O) groups is 1. The molecular weight excluding hydrogens is 508 g/mol. The summed E-state index contributed by atoms with van der Waals surface area (Å²) in [5, 5.41) is 10.4. The second kappa shape index (κ2) is 16.0. The summed E-state index contributed by atoms with van der Waals surface area (Å²) in [7, 11) is 8.40. The molecule has 0 heterocycles. The van der Waals surface area contributed by atoms with Gasteiger partial charge >= 0.3 is 5.97 Å². The number of rotatable bonds is 17. The second-order valence-electron chi connectivity index (χ2n) is 10.3. The van der Waals surface area contributed by atoms with E-state index in [0.717, 1.165) is 43.5 Å². The van der Waals surface area contributed by atoms with Gasteiger partial charge in [-0.15, -0.1) is 0 Å². The van der Waals surface area contributed by atoms with Crippen LogP contribution in [0.25, 0.3) is 0 Å². The molecule has 0 saturated heterocycles. The number of unbranched alkanes of at least 4 members (excludes halogenated alkanes) is 1. The zero-order valence-electron chi connectivity index (χ0n) is 25.5. The first-order valence-corrected chi connectivity index (χ1v) is 14.0. The van der Waals surface area contributed by atoms with Crippen LogP contribution in [0.4, 0.5) is 0 Å². The predicted molar refractivity (Wildman–Crippen MR) is 157 cm³/mol. The third-order valence-electron chi connectivity index (χ3n) is 7.52. The molecule has 2 aromatic carbocycles. The highest BCUT2D eigenvalue weighted by atomic mass is 16.5. The molecule has 1 unspecified atom stereocenters. The molecule has 0 N–H and O–H groups in total. The smallest absolute Gasteiger partial charge is 0.338 e. The Kier molecular flexibility index (Phi) is 13.1. The van der Waals surface area contributed by atoms with E-state index in [9.17, 15) is 10.1 Å². The first-order valence-electron chi connectivity index (χ1n) is 14.0. The monoisotopic (exact) mass is 554 g/mol. The van der Waals surface area contributed by atoms with Crippen LogP contribution in [0.5, 0.6) is 23.0 Å². The summed E-state index contributed by atoms with van der Waals surface area (Å²) >= 11 is 0. The Bertz CT molecular complexity index is 1140. The summed E-state index contributed by atoms with van der Waals surface area (Å²) in [4.78, 5) is 15.1. The largest absolute Gasteiger partial charge is 0.493 e. The van der Waals surface area contributed by atoms with Crippen LogP contribution in [0, 0.1) is 17.2 Å². The Hall–Kier alpha value is -3.44. The molecule has 220 valence electrons. The number of benzene rings is 2. The fourth-order valence-electron chi connectivity index (χ4n) is 4.89. The first kappa shape index (κ1) is 32.8. The average Bonchev–Trinajstić information content (AvgIpc) is 2.97. The number of hydrogen-bond donors (Lipinski definition) is 0. The summed E-state index contributed by atoms with van der Waals surface area (Å²) in [6.07, 6.45) is 3.94. The van der Waals surface area contributed by atoms with Crippen molar-refractivity contribution < 1.29 is 28.5 Å². The normalized spacial score (nSPS) is 12.5. The fourth-order valence-corrected chi connectivity index (χ4v) is 4.89. The third-order valence-corrected chi connectivity index (χ3v) is 7.52. The fraction of sp³-hybridized carbons (Fsp3) is 0.562. The van der Waals surface area contributed by atoms with Crippen molar-refractivity contribution in [2.75, 3.05) is 55.2 Å². The van der Waals surface area contributed by atoms with E-state index in [2.05, 4.69) is 38.8 Å². The van der Waals surface area contributed by atoms with E-state index >= 15 is 0 Å². The van der Waals surface area contributed by atoms with Crippen LogP contribution in [-0.4, -0.2) is 66.1 Å². The Balaban J connectivity index is 2.14. The summed E-state index contributed by atoms with van der Waals surface area (Å²) in [6.45, 7) is 8.14. The molecule has 0 aliphatic heterocycles. The average molecular weight is 555 g/mol. The number of methoxy groups -OCH3 is 4. The standard InChI is InChI=1S/C32H46N2O6/c1-9-10-18-40-31(35)26-21-30(39-8)28(37-6)19-24(26)14-17-34(4)16-11-15-32(22-33,23(2)3)25-12-13-27(36-5)29(20-25)38-7/h12-13,19-21,23H,9-11,14-18H2,1-8H3. The lowest BCUT2D eigenvalue weighted by molar-refractivity contribution is 0.0497. The Morgan fingerprint density at radius 1 is 0.925 bits per heavy atom. The number of likely N-dealkylation sites (N-methyl/N-ethyl adjacent to an activating group) is 1. The number of esters is 1. The maximum Gasteiger partial charge on any atom is 0.338 e. The molecule has 0 aliphatic carbocycles. The van der Waals surface area contributed by atoms with Crippen LogP contribution >= 0.6 is 0 Å². The Morgan fingerprint density at radius 3 is 2.12 bits per heavy atom. The van der Waals surface area contributed by atoms with Gasteiger partial charge in [0.1, 0.15) is 0 Å². The topological polar surface area (TPSA) is 90.3 Å².